The van der Waals surface area contributed by atoms with Gasteiger partial charge in [0.25, 0.3) is 11.6 Å². The SMILES string of the molecule is C=CCOc1ccc2c(c1)C1C(CCCCO)C(CCCCO)C=C3C(=NOCc4ccc([N+](=O)[O-])cc4)CC(N(C)C(=O)c4ccc5c(c4)OCO5)C(OCC=C)(O2)C31. The summed E-state index contributed by atoms with van der Waals surface area (Å²) in [6.07, 6.45) is 10.3. The van der Waals surface area contributed by atoms with Crippen molar-refractivity contribution in [2.45, 2.75) is 69.3 Å². The highest BCUT2D eigenvalue weighted by Gasteiger charge is 2.65. The molecule has 0 saturated heterocycles. The van der Waals surface area contributed by atoms with Gasteiger partial charge in [0.2, 0.25) is 12.6 Å². The fourth-order valence-electron chi connectivity index (χ4n) is 9.25. The number of carbonyl (C=O) groups excluding carboxylic acids is 1. The standard InChI is InChI=1S/C46H53N3O11/c1-4-22-55-34-17-19-39-37(26-34)43-35(11-7-9-21-51)31(10-6-8-20-50)24-36-38(47-59-28-30-12-15-33(16-13-30)49(53)54)27-42(46(60-39,44(36)43)58-23-5-2)48(3)45(52)32-14-18-40-41(25-32)57-29-56-40/h4-5,12-19,24-26,31,35,42-44,50-51H,1-2,6-11,20-23,27-29H2,3H3. The first-order chi connectivity index (χ1) is 29.2. The van der Waals surface area contributed by atoms with Crippen LogP contribution < -0.4 is 18.9 Å². The number of allylic oxidation sites excluding steroid dienone is 1. The van der Waals surface area contributed by atoms with Gasteiger partial charge in [0.05, 0.1) is 23.2 Å². The Labute approximate surface area is 349 Å². The van der Waals surface area contributed by atoms with Crippen LogP contribution >= 0.6 is 0 Å². The minimum atomic E-state index is -1.44. The van der Waals surface area contributed by atoms with Gasteiger partial charge in [-0.25, -0.2) is 0 Å². The van der Waals surface area contributed by atoms with Gasteiger partial charge >= 0.3 is 0 Å². The Morgan fingerprint density at radius 3 is 2.43 bits per heavy atom. The second-order valence-electron chi connectivity index (χ2n) is 15.6. The lowest BCUT2D eigenvalue weighted by Gasteiger charge is -2.59. The Bertz CT molecular complexity index is 2100. The zero-order chi connectivity index (χ0) is 42.2. The molecule has 3 aromatic carbocycles. The number of hydrogen-bond donors (Lipinski definition) is 2. The fraction of sp³-hybridized carbons (Fsp3) is 0.435. The van der Waals surface area contributed by atoms with Crippen molar-refractivity contribution < 1.29 is 48.5 Å². The number of nitro benzene ring substituents is 1. The molecule has 0 spiro atoms. The van der Waals surface area contributed by atoms with Gasteiger partial charge in [-0.1, -0.05) is 42.8 Å². The van der Waals surface area contributed by atoms with Crippen LogP contribution in [-0.2, 0) is 16.2 Å². The molecule has 318 valence electrons. The number of likely N-dealkylation sites (N-methyl/N-ethyl adjacent to an activating group) is 1. The van der Waals surface area contributed by atoms with E-state index in [1.54, 1.807) is 54.4 Å². The molecule has 0 radical (unpaired) electrons. The van der Waals surface area contributed by atoms with Gasteiger partial charge in [-0.15, -0.1) is 6.58 Å². The molecule has 2 heterocycles. The smallest absolute Gasteiger partial charge is 0.269 e. The highest BCUT2D eigenvalue weighted by Crippen LogP contribution is 2.62. The second kappa shape index (κ2) is 19.1. The Hall–Kier alpha value is -5.70. The predicted octanol–water partition coefficient (Wildman–Crippen LogP) is 7.49. The highest BCUT2D eigenvalue weighted by molar-refractivity contribution is 6.03. The number of amides is 1. The first-order valence-corrected chi connectivity index (χ1v) is 20.6. The number of fused-ring (bicyclic) bond motifs is 3. The topological polar surface area (TPSA) is 172 Å². The predicted molar refractivity (Wildman–Crippen MR) is 223 cm³/mol. The first kappa shape index (κ1) is 42.4. The number of ether oxygens (including phenoxy) is 5. The van der Waals surface area contributed by atoms with E-state index in [0.717, 1.165) is 36.8 Å². The van der Waals surface area contributed by atoms with Crippen LogP contribution in [0.4, 0.5) is 5.69 Å². The van der Waals surface area contributed by atoms with Gasteiger partial charge in [0.15, 0.2) is 11.5 Å². The molecule has 2 aliphatic heterocycles. The summed E-state index contributed by atoms with van der Waals surface area (Å²) < 4.78 is 31.5. The van der Waals surface area contributed by atoms with Gasteiger partial charge in [-0.05, 0) is 97.2 Å². The monoisotopic (exact) mass is 823 g/mol. The molecule has 2 N–H and O–H groups in total. The normalized spacial score (nSPS) is 24.0. The van der Waals surface area contributed by atoms with Gasteiger partial charge < -0.3 is 43.6 Å². The van der Waals surface area contributed by atoms with E-state index in [2.05, 4.69) is 19.2 Å². The van der Waals surface area contributed by atoms with Crippen molar-refractivity contribution in [2.75, 3.05) is 40.3 Å². The van der Waals surface area contributed by atoms with Crippen molar-refractivity contribution in [3.05, 3.63) is 124 Å². The molecule has 7 rings (SSSR count). The van der Waals surface area contributed by atoms with Gasteiger partial charge in [-0.2, -0.15) is 0 Å². The molecular weight excluding hydrogens is 771 g/mol. The summed E-state index contributed by atoms with van der Waals surface area (Å²) >= 11 is 0. The van der Waals surface area contributed by atoms with Crippen molar-refractivity contribution >= 4 is 17.3 Å². The van der Waals surface area contributed by atoms with E-state index in [1.165, 1.54) is 12.1 Å². The molecule has 60 heavy (non-hydrogen) atoms. The molecule has 1 fully saturated rings. The van der Waals surface area contributed by atoms with Crippen molar-refractivity contribution in [3.63, 3.8) is 0 Å². The molecule has 0 aromatic heterocycles. The third-order valence-corrected chi connectivity index (χ3v) is 12.0. The van der Waals surface area contributed by atoms with Crippen molar-refractivity contribution in [2.24, 2.45) is 22.9 Å². The number of aliphatic hydroxyl groups excluding tert-OH is 2. The molecule has 2 aliphatic carbocycles. The lowest BCUT2D eigenvalue weighted by molar-refractivity contribution is -0.384. The van der Waals surface area contributed by atoms with E-state index in [-0.39, 0.29) is 69.0 Å². The number of hydrogen-bond acceptors (Lipinski definition) is 12. The number of non-ortho nitro benzene ring substituents is 1. The summed E-state index contributed by atoms with van der Waals surface area (Å²) in [5.74, 6) is -0.119. The van der Waals surface area contributed by atoms with Crippen LogP contribution in [0, 0.1) is 27.9 Å². The number of rotatable bonds is 20. The van der Waals surface area contributed by atoms with E-state index in [1.807, 2.05) is 18.2 Å². The second-order valence-corrected chi connectivity index (χ2v) is 15.6. The lowest BCUT2D eigenvalue weighted by Crippen LogP contribution is -2.69. The van der Waals surface area contributed by atoms with E-state index >= 15 is 0 Å². The third kappa shape index (κ3) is 8.63. The Balaban J connectivity index is 1.39. The van der Waals surface area contributed by atoms with Crippen molar-refractivity contribution in [3.8, 4) is 23.0 Å². The summed E-state index contributed by atoms with van der Waals surface area (Å²) in [5, 5.41) is 35.9. The number of carbonyl (C=O) groups is 1. The van der Waals surface area contributed by atoms with E-state index in [4.69, 9.17) is 33.7 Å². The van der Waals surface area contributed by atoms with Gasteiger partial charge in [0.1, 0.15) is 30.8 Å². The number of benzene rings is 3. The van der Waals surface area contributed by atoms with Gasteiger partial charge in [0, 0.05) is 55.9 Å². The zero-order valence-electron chi connectivity index (χ0n) is 33.9. The maximum Gasteiger partial charge on any atom is 0.269 e. The molecule has 3 aromatic rings. The van der Waals surface area contributed by atoms with Crippen LogP contribution in [0.25, 0.3) is 0 Å². The maximum atomic E-state index is 14.7. The Morgan fingerprint density at radius 1 is 0.967 bits per heavy atom. The van der Waals surface area contributed by atoms with Crippen molar-refractivity contribution in [1.82, 2.24) is 4.90 Å². The number of oxime groups is 1. The highest BCUT2D eigenvalue weighted by atomic mass is 16.7. The average Bonchev–Trinajstić information content (AvgIpc) is 3.74. The molecule has 6 unspecified atom stereocenters. The average molecular weight is 824 g/mol. The van der Waals surface area contributed by atoms with Crippen molar-refractivity contribution in [1.29, 1.82) is 0 Å². The number of nitrogens with zero attached hydrogens (tertiary/aromatic N) is 3. The fourth-order valence-corrected chi connectivity index (χ4v) is 9.25. The third-order valence-electron chi connectivity index (χ3n) is 12.0. The van der Waals surface area contributed by atoms with Crippen LogP contribution in [0.1, 0.15) is 72.3 Å². The van der Waals surface area contributed by atoms with Crippen LogP contribution in [0.2, 0.25) is 0 Å². The van der Waals surface area contributed by atoms with Crippen LogP contribution in [0.3, 0.4) is 0 Å². The molecule has 1 saturated carbocycles. The number of nitro groups is 1. The van der Waals surface area contributed by atoms with E-state index in [9.17, 15) is 25.1 Å². The molecule has 4 aliphatic rings. The molecule has 14 nitrogen and oxygen atoms in total. The number of unbranched alkanes of at least 4 members (excludes halogenated alkanes) is 2. The van der Waals surface area contributed by atoms with Gasteiger partial charge in [-0.3, -0.25) is 14.9 Å². The Kier molecular flexibility index (Phi) is 13.5. The summed E-state index contributed by atoms with van der Waals surface area (Å²) in [4.78, 5) is 33.3. The number of aliphatic hydroxyl groups is 2. The summed E-state index contributed by atoms with van der Waals surface area (Å²) in [7, 11) is 1.74. The van der Waals surface area contributed by atoms with Crippen LogP contribution in [0.15, 0.2) is 103 Å². The first-order valence-electron chi connectivity index (χ1n) is 20.6. The maximum absolute atomic E-state index is 14.7. The zero-order valence-corrected chi connectivity index (χ0v) is 33.9. The van der Waals surface area contributed by atoms with E-state index < -0.39 is 22.7 Å². The van der Waals surface area contributed by atoms with Crippen LogP contribution in [0.5, 0.6) is 23.0 Å². The summed E-state index contributed by atoms with van der Waals surface area (Å²) in [6.45, 7) is 8.51. The Morgan fingerprint density at radius 2 is 1.70 bits per heavy atom. The summed E-state index contributed by atoms with van der Waals surface area (Å²) in [5.41, 5.74) is 3.49. The molecule has 1 amide bonds. The van der Waals surface area contributed by atoms with E-state index in [0.29, 0.717) is 59.3 Å². The molecule has 6 atom stereocenters. The lowest BCUT2D eigenvalue weighted by atomic mass is 9.55. The minimum Gasteiger partial charge on any atom is -0.490 e. The largest absolute Gasteiger partial charge is 0.490 e. The molecular formula is C46H53N3O11. The quantitative estimate of drug-likeness (QED) is 0.0501. The van der Waals surface area contributed by atoms with Crippen LogP contribution in [-0.4, -0.2) is 83.8 Å². The summed E-state index contributed by atoms with van der Waals surface area (Å²) in [6, 6.07) is 16.3. The molecule has 0 bridgehead atoms. The molecule has 14 heteroatoms. The minimum absolute atomic E-state index is 0.0268.